The van der Waals surface area contributed by atoms with Gasteiger partial charge in [0, 0.05) is 6.54 Å². The van der Waals surface area contributed by atoms with Crippen molar-refractivity contribution in [3.8, 4) is 6.07 Å². The molecule has 14 heavy (non-hydrogen) atoms. The highest BCUT2D eigenvalue weighted by Crippen LogP contribution is 2.22. The van der Waals surface area contributed by atoms with E-state index in [4.69, 9.17) is 11.0 Å². The molecular weight excluding hydrogens is 172 g/mol. The topological polar surface area (TPSA) is 49.8 Å². The Balaban J connectivity index is 2.89. The first kappa shape index (κ1) is 10.7. The lowest BCUT2D eigenvalue weighted by Crippen LogP contribution is -2.28. The molecule has 0 amide bonds. The van der Waals surface area contributed by atoms with Crippen LogP contribution >= 0.6 is 0 Å². The molecule has 0 saturated heterocycles. The summed E-state index contributed by atoms with van der Waals surface area (Å²) in [6, 6.07) is 10.4. The summed E-state index contributed by atoms with van der Waals surface area (Å²) in [5, 5.41) is 9.01. The first-order valence-corrected chi connectivity index (χ1v) is 4.77. The molecular formula is C12H16N2. The number of nitrogens with two attached hydrogens (primary N) is 1. The Labute approximate surface area is 85.4 Å². The maximum atomic E-state index is 9.01. The van der Waals surface area contributed by atoms with Crippen LogP contribution in [-0.4, -0.2) is 6.54 Å². The number of nitriles is 1. The van der Waals surface area contributed by atoms with Crippen molar-refractivity contribution in [3.05, 3.63) is 35.4 Å². The quantitative estimate of drug-likeness (QED) is 0.789. The minimum absolute atomic E-state index is 0.401. The molecule has 0 aromatic heterocycles. The van der Waals surface area contributed by atoms with Gasteiger partial charge in [-0.3, -0.25) is 0 Å². The fourth-order valence-corrected chi connectivity index (χ4v) is 1.39. The normalized spacial score (nSPS) is 14.4. The number of aryl methyl sites for hydroxylation is 1. The van der Waals surface area contributed by atoms with E-state index in [2.05, 4.69) is 25.1 Å². The van der Waals surface area contributed by atoms with Crippen molar-refractivity contribution in [1.82, 2.24) is 0 Å². The van der Waals surface area contributed by atoms with Crippen LogP contribution in [0.2, 0.25) is 0 Å². The zero-order chi connectivity index (χ0) is 10.6. The van der Waals surface area contributed by atoms with Crippen molar-refractivity contribution < 1.29 is 0 Å². The van der Waals surface area contributed by atoms with Crippen LogP contribution in [0.4, 0.5) is 0 Å². The van der Waals surface area contributed by atoms with Crippen molar-refractivity contribution in [2.24, 2.45) is 11.1 Å². The molecule has 0 aliphatic rings. The van der Waals surface area contributed by atoms with Gasteiger partial charge in [-0.1, -0.05) is 24.3 Å². The standard InChI is InChI=1S/C12H16N2/c1-10-5-3-4-6-11(10)7-12(2,8-13)9-14/h3-6H,7-8,13H2,1-2H3. The third-order valence-electron chi connectivity index (χ3n) is 2.56. The Kier molecular flexibility index (Phi) is 3.27. The molecule has 2 N–H and O–H groups in total. The van der Waals surface area contributed by atoms with Crippen molar-refractivity contribution >= 4 is 0 Å². The lowest BCUT2D eigenvalue weighted by molar-refractivity contribution is 0.451. The Bertz CT molecular complexity index is 352. The smallest absolute Gasteiger partial charge is 0.0708 e. The molecule has 0 saturated carbocycles. The molecule has 74 valence electrons. The summed E-state index contributed by atoms with van der Waals surface area (Å²) in [4.78, 5) is 0. The Morgan fingerprint density at radius 1 is 1.43 bits per heavy atom. The maximum Gasteiger partial charge on any atom is 0.0708 e. The minimum Gasteiger partial charge on any atom is -0.329 e. The van der Waals surface area contributed by atoms with Crippen LogP contribution in [-0.2, 0) is 6.42 Å². The van der Waals surface area contributed by atoms with E-state index in [1.54, 1.807) is 0 Å². The zero-order valence-corrected chi connectivity index (χ0v) is 8.75. The van der Waals surface area contributed by atoms with Crippen molar-refractivity contribution in [2.45, 2.75) is 20.3 Å². The average Bonchev–Trinajstić information content (AvgIpc) is 2.21. The number of hydrogen-bond donors (Lipinski definition) is 1. The van der Waals surface area contributed by atoms with Crippen LogP contribution in [0.5, 0.6) is 0 Å². The van der Waals surface area contributed by atoms with Gasteiger partial charge < -0.3 is 5.73 Å². The Hall–Kier alpha value is -1.33. The van der Waals surface area contributed by atoms with Gasteiger partial charge >= 0.3 is 0 Å². The number of benzene rings is 1. The molecule has 0 heterocycles. The summed E-state index contributed by atoms with van der Waals surface area (Å²) in [5.74, 6) is 0. The highest BCUT2D eigenvalue weighted by Gasteiger charge is 2.22. The van der Waals surface area contributed by atoms with E-state index in [0.717, 1.165) is 6.42 Å². The van der Waals surface area contributed by atoms with Gasteiger partial charge in [0.25, 0.3) is 0 Å². The van der Waals surface area contributed by atoms with Crippen LogP contribution in [0.25, 0.3) is 0 Å². The molecule has 1 unspecified atom stereocenters. The third-order valence-corrected chi connectivity index (χ3v) is 2.56. The largest absolute Gasteiger partial charge is 0.329 e. The minimum atomic E-state index is -0.438. The highest BCUT2D eigenvalue weighted by atomic mass is 14.6. The second kappa shape index (κ2) is 4.26. The predicted molar refractivity (Wildman–Crippen MR) is 57.7 cm³/mol. The Morgan fingerprint density at radius 3 is 2.57 bits per heavy atom. The molecule has 0 radical (unpaired) electrons. The van der Waals surface area contributed by atoms with Crippen LogP contribution < -0.4 is 5.73 Å². The van der Waals surface area contributed by atoms with E-state index in [9.17, 15) is 0 Å². The van der Waals surface area contributed by atoms with Gasteiger partial charge in [0.1, 0.15) is 0 Å². The molecule has 0 aliphatic carbocycles. The van der Waals surface area contributed by atoms with Gasteiger partial charge in [-0.05, 0) is 31.4 Å². The van der Waals surface area contributed by atoms with E-state index < -0.39 is 5.41 Å². The van der Waals surface area contributed by atoms with E-state index in [1.165, 1.54) is 11.1 Å². The van der Waals surface area contributed by atoms with Crippen molar-refractivity contribution in [3.63, 3.8) is 0 Å². The van der Waals surface area contributed by atoms with E-state index in [-0.39, 0.29) is 0 Å². The van der Waals surface area contributed by atoms with Crippen LogP contribution in [0.15, 0.2) is 24.3 Å². The summed E-state index contributed by atoms with van der Waals surface area (Å²) in [6.45, 7) is 4.36. The molecule has 1 atom stereocenters. The first-order chi connectivity index (χ1) is 6.61. The van der Waals surface area contributed by atoms with Gasteiger partial charge in [0.05, 0.1) is 11.5 Å². The van der Waals surface area contributed by atoms with Gasteiger partial charge in [0.2, 0.25) is 0 Å². The molecule has 1 aromatic rings. The molecule has 2 heteroatoms. The van der Waals surface area contributed by atoms with Gasteiger partial charge in [0.15, 0.2) is 0 Å². The van der Waals surface area contributed by atoms with E-state index >= 15 is 0 Å². The summed E-state index contributed by atoms with van der Waals surface area (Å²) in [7, 11) is 0. The summed E-state index contributed by atoms with van der Waals surface area (Å²) in [5.41, 5.74) is 7.59. The van der Waals surface area contributed by atoms with Crippen LogP contribution in [0.3, 0.4) is 0 Å². The fraction of sp³-hybridized carbons (Fsp3) is 0.417. The summed E-state index contributed by atoms with van der Waals surface area (Å²) < 4.78 is 0. The van der Waals surface area contributed by atoms with E-state index in [1.807, 2.05) is 19.1 Å². The fourth-order valence-electron chi connectivity index (χ4n) is 1.39. The SMILES string of the molecule is Cc1ccccc1CC(C)(C#N)CN. The lowest BCUT2D eigenvalue weighted by Gasteiger charge is -2.20. The van der Waals surface area contributed by atoms with Crippen LogP contribution in [0.1, 0.15) is 18.1 Å². The number of rotatable bonds is 3. The lowest BCUT2D eigenvalue weighted by atomic mass is 9.84. The van der Waals surface area contributed by atoms with Crippen molar-refractivity contribution in [1.29, 1.82) is 5.26 Å². The average molecular weight is 188 g/mol. The first-order valence-electron chi connectivity index (χ1n) is 4.77. The highest BCUT2D eigenvalue weighted by molar-refractivity contribution is 5.27. The third kappa shape index (κ3) is 2.34. The molecule has 0 aliphatic heterocycles. The zero-order valence-electron chi connectivity index (χ0n) is 8.75. The van der Waals surface area contributed by atoms with Crippen LogP contribution in [0, 0.1) is 23.7 Å². The number of nitrogens with zero attached hydrogens (tertiary/aromatic N) is 1. The van der Waals surface area contributed by atoms with E-state index in [0.29, 0.717) is 6.54 Å². The molecule has 2 nitrogen and oxygen atoms in total. The monoisotopic (exact) mass is 188 g/mol. The number of hydrogen-bond acceptors (Lipinski definition) is 2. The molecule has 0 spiro atoms. The van der Waals surface area contributed by atoms with Gasteiger partial charge in [-0.2, -0.15) is 5.26 Å². The molecule has 0 fully saturated rings. The summed E-state index contributed by atoms with van der Waals surface area (Å²) >= 11 is 0. The van der Waals surface area contributed by atoms with Gasteiger partial charge in [-0.15, -0.1) is 0 Å². The van der Waals surface area contributed by atoms with Gasteiger partial charge in [-0.25, -0.2) is 0 Å². The van der Waals surface area contributed by atoms with Crippen molar-refractivity contribution in [2.75, 3.05) is 6.54 Å². The molecule has 0 bridgehead atoms. The Morgan fingerprint density at radius 2 is 2.07 bits per heavy atom. The summed E-state index contributed by atoms with van der Waals surface area (Å²) in [6.07, 6.45) is 0.729. The second-order valence-electron chi connectivity index (χ2n) is 3.98. The molecule has 1 rings (SSSR count). The second-order valence-corrected chi connectivity index (χ2v) is 3.98. The maximum absolute atomic E-state index is 9.01. The predicted octanol–water partition coefficient (Wildman–Crippen LogP) is 2.03. The molecule has 1 aromatic carbocycles.